The number of aromatic nitrogens is 3. The number of carbonyl (C=O) groups is 2. The highest BCUT2D eigenvalue weighted by Gasteiger charge is 2.32. The van der Waals surface area contributed by atoms with Crippen molar-refractivity contribution in [1.29, 1.82) is 5.26 Å². The van der Waals surface area contributed by atoms with Crippen molar-refractivity contribution < 1.29 is 14.3 Å². The average Bonchev–Trinajstić information content (AvgIpc) is 3.22. The van der Waals surface area contributed by atoms with Crippen molar-refractivity contribution >= 4 is 34.5 Å². The summed E-state index contributed by atoms with van der Waals surface area (Å²) in [6, 6.07) is 10.5. The molecular weight excluding hydrogens is 438 g/mol. The number of nitriles is 1. The number of nitrogens with one attached hydrogen (secondary N) is 2. The summed E-state index contributed by atoms with van der Waals surface area (Å²) in [5.74, 6) is 0.905. The minimum absolute atomic E-state index is 0.0520. The molecule has 34 heavy (non-hydrogen) atoms. The van der Waals surface area contributed by atoms with Crippen LogP contribution >= 0.6 is 0 Å². The Morgan fingerprint density at radius 1 is 1.24 bits per heavy atom. The van der Waals surface area contributed by atoms with Gasteiger partial charge >= 0.3 is 0 Å². The van der Waals surface area contributed by atoms with Crippen molar-refractivity contribution in [1.82, 2.24) is 19.9 Å². The van der Waals surface area contributed by atoms with Crippen LogP contribution in [0.4, 0.5) is 11.6 Å². The van der Waals surface area contributed by atoms with Crippen LogP contribution in [0.3, 0.4) is 0 Å². The number of amides is 2. The SMILES string of the molecule is N#Cc1ccc2ncc(=O)n(CCCN[C@@H]3CC(=O)N(c4ccc5c(n4)NC(=O)CO5)C3)c2c1. The van der Waals surface area contributed by atoms with Gasteiger partial charge in [-0.1, -0.05) is 0 Å². The number of hydrogen-bond donors (Lipinski definition) is 2. The van der Waals surface area contributed by atoms with Crippen molar-refractivity contribution in [2.24, 2.45) is 0 Å². The van der Waals surface area contributed by atoms with Crippen molar-refractivity contribution in [3.8, 4) is 11.8 Å². The van der Waals surface area contributed by atoms with E-state index in [9.17, 15) is 14.4 Å². The van der Waals surface area contributed by atoms with Gasteiger partial charge in [0.05, 0.1) is 28.9 Å². The van der Waals surface area contributed by atoms with Gasteiger partial charge in [0, 0.05) is 25.6 Å². The Balaban J connectivity index is 1.20. The Morgan fingerprint density at radius 3 is 2.97 bits per heavy atom. The fraction of sp³-hybridized carbons (Fsp3) is 0.304. The summed E-state index contributed by atoms with van der Waals surface area (Å²) in [6.45, 7) is 1.45. The molecule has 1 fully saturated rings. The molecule has 11 heteroatoms. The second kappa shape index (κ2) is 8.92. The van der Waals surface area contributed by atoms with Crippen LogP contribution in [0.1, 0.15) is 18.4 Å². The minimum atomic E-state index is -0.283. The Kier molecular flexibility index (Phi) is 5.65. The quantitative estimate of drug-likeness (QED) is 0.515. The van der Waals surface area contributed by atoms with E-state index in [1.165, 1.54) is 6.20 Å². The van der Waals surface area contributed by atoms with Crippen molar-refractivity contribution in [3.05, 3.63) is 52.4 Å². The van der Waals surface area contributed by atoms with Crippen LogP contribution in [-0.4, -0.2) is 52.1 Å². The highest BCUT2D eigenvalue weighted by molar-refractivity contribution is 5.97. The Hall–Kier alpha value is -4.30. The van der Waals surface area contributed by atoms with Crippen LogP contribution in [0.5, 0.6) is 5.75 Å². The lowest BCUT2D eigenvalue weighted by molar-refractivity contribution is -0.118. The molecule has 2 aromatic heterocycles. The molecule has 0 unspecified atom stereocenters. The zero-order valence-electron chi connectivity index (χ0n) is 18.2. The topological polar surface area (TPSA) is 142 Å². The van der Waals surface area contributed by atoms with Crippen LogP contribution < -0.4 is 25.8 Å². The number of nitrogens with zero attached hydrogens (tertiary/aromatic N) is 5. The van der Waals surface area contributed by atoms with Crippen LogP contribution in [0.2, 0.25) is 0 Å². The van der Waals surface area contributed by atoms with E-state index in [1.807, 2.05) is 0 Å². The van der Waals surface area contributed by atoms with Crippen LogP contribution in [0.25, 0.3) is 11.0 Å². The number of fused-ring (bicyclic) bond motifs is 2. The van der Waals surface area contributed by atoms with Gasteiger partial charge in [-0.2, -0.15) is 5.26 Å². The van der Waals surface area contributed by atoms with Gasteiger partial charge in [0.25, 0.3) is 11.5 Å². The number of anilines is 2. The Morgan fingerprint density at radius 2 is 2.12 bits per heavy atom. The molecule has 2 aliphatic heterocycles. The zero-order chi connectivity index (χ0) is 23.7. The predicted molar refractivity (Wildman–Crippen MR) is 122 cm³/mol. The van der Waals surface area contributed by atoms with Gasteiger partial charge in [0.1, 0.15) is 5.82 Å². The lowest BCUT2D eigenvalue weighted by Crippen LogP contribution is -2.34. The van der Waals surface area contributed by atoms with E-state index in [2.05, 4.69) is 26.7 Å². The fourth-order valence-corrected chi connectivity index (χ4v) is 4.18. The van der Waals surface area contributed by atoms with E-state index in [0.29, 0.717) is 66.5 Å². The van der Waals surface area contributed by atoms with Crippen molar-refractivity contribution in [2.45, 2.75) is 25.4 Å². The molecular formula is C23H21N7O4. The number of ether oxygens (including phenoxy) is 1. The molecule has 2 aliphatic rings. The standard InChI is InChI=1S/C23H21N7O4/c24-10-14-2-3-16-17(8-14)29(22(33)11-26-16)7-1-6-25-15-9-21(32)30(12-15)19-5-4-18-23(27-19)28-20(31)13-34-18/h2-5,8,11,15,25H,1,6-7,9,12-13H2,(H,27,28,31)/t15-/m1/s1. The van der Waals surface area contributed by atoms with Gasteiger partial charge in [-0.15, -0.1) is 0 Å². The Bertz CT molecular complexity index is 1390. The largest absolute Gasteiger partial charge is 0.480 e. The monoisotopic (exact) mass is 459 g/mol. The summed E-state index contributed by atoms with van der Waals surface area (Å²) in [6.07, 6.45) is 2.26. The third-order valence-electron chi connectivity index (χ3n) is 5.83. The molecule has 5 rings (SSSR count). The fourth-order valence-electron chi connectivity index (χ4n) is 4.18. The molecule has 0 aliphatic carbocycles. The number of aryl methyl sites for hydroxylation is 1. The normalized spacial score (nSPS) is 17.3. The molecule has 2 N–H and O–H groups in total. The molecule has 1 saturated heterocycles. The van der Waals surface area contributed by atoms with E-state index in [1.54, 1.807) is 39.8 Å². The molecule has 11 nitrogen and oxygen atoms in total. The highest BCUT2D eigenvalue weighted by atomic mass is 16.5. The number of pyridine rings is 1. The molecule has 0 spiro atoms. The lowest BCUT2D eigenvalue weighted by Gasteiger charge is -2.21. The first-order valence-corrected chi connectivity index (χ1v) is 10.9. The molecule has 0 radical (unpaired) electrons. The highest BCUT2D eigenvalue weighted by Crippen LogP contribution is 2.30. The van der Waals surface area contributed by atoms with E-state index in [4.69, 9.17) is 10.00 Å². The van der Waals surface area contributed by atoms with Crippen LogP contribution in [-0.2, 0) is 16.1 Å². The van der Waals surface area contributed by atoms with Crippen molar-refractivity contribution in [3.63, 3.8) is 0 Å². The second-order valence-corrected chi connectivity index (χ2v) is 8.13. The summed E-state index contributed by atoms with van der Waals surface area (Å²) in [5.41, 5.74) is 1.53. The first kappa shape index (κ1) is 21.5. The van der Waals surface area contributed by atoms with E-state index in [-0.39, 0.29) is 30.0 Å². The van der Waals surface area contributed by atoms with Crippen LogP contribution in [0, 0.1) is 11.3 Å². The molecule has 172 valence electrons. The maximum Gasteiger partial charge on any atom is 0.269 e. The predicted octanol–water partition coefficient (Wildman–Crippen LogP) is 0.779. The molecule has 3 aromatic rings. The first-order valence-electron chi connectivity index (χ1n) is 10.9. The number of benzene rings is 1. The molecule has 1 aromatic carbocycles. The van der Waals surface area contributed by atoms with Gasteiger partial charge < -0.3 is 19.9 Å². The summed E-state index contributed by atoms with van der Waals surface area (Å²) >= 11 is 0. The molecule has 1 atom stereocenters. The average molecular weight is 459 g/mol. The van der Waals surface area contributed by atoms with E-state index in [0.717, 1.165) is 0 Å². The summed E-state index contributed by atoms with van der Waals surface area (Å²) < 4.78 is 6.93. The lowest BCUT2D eigenvalue weighted by atomic mass is 10.2. The van der Waals surface area contributed by atoms with Gasteiger partial charge in [0.15, 0.2) is 18.2 Å². The number of hydrogen-bond acceptors (Lipinski definition) is 8. The summed E-state index contributed by atoms with van der Waals surface area (Å²) in [7, 11) is 0. The zero-order valence-corrected chi connectivity index (χ0v) is 18.2. The number of rotatable bonds is 6. The Labute approximate surface area is 194 Å². The maximum atomic E-state index is 12.6. The van der Waals surface area contributed by atoms with Gasteiger partial charge in [-0.05, 0) is 43.3 Å². The molecule has 2 amide bonds. The molecule has 0 saturated carbocycles. The van der Waals surface area contributed by atoms with Gasteiger partial charge in [0.2, 0.25) is 5.91 Å². The van der Waals surface area contributed by atoms with Crippen LogP contribution in [0.15, 0.2) is 41.3 Å². The minimum Gasteiger partial charge on any atom is -0.480 e. The molecule has 0 bridgehead atoms. The molecule has 4 heterocycles. The van der Waals surface area contributed by atoms with Gasteiger partial charge in [-0.25, -0.2) is 9.97 Å². The van der Waals surface area contributed by atoms with E-state index >= 15 is 0 Å². The first-order chi connectivity index (χ1) is 16.5. The second-order valence-electron chi connectivity index (χ2n) is 8.13. The van der Waals surface area contributed by atoms with Crippen molar-refractivity contribution in [2.75, 3.05) is 29.9 Å². The number of carbonyl (C=O) groups excluding carboxylic acids is 2. The third-order valence-corrected chi connectivity index (χ3v) is 5.83. The summed E-state index contributed by atoms with van der Waals surface area (Å²) in [4.78, 5) is 46.6. The van der Waals surface area contributed by atoms with Gasteiger partial charge in [-0.3, -0.25) is 19.3 Å². The van der Waals surface area contributed by atoms with E-state index < -0.39 is 0 Å². The third kappa shape index (κ3) is 4.18. The maximum absolute atomic E-state index is 12.6. The smallest absolute Gasteiger partial charge is 0.269 e. The summed E-state index contributed by atoms with van der Waals surface area (Å²) in [5, 5.41) is 15.2.